The molecule has 0 fully saturated rings. The summed E-state index contributed by atoms with van der Waals surface area (Å²) >= 11 is 0. The molecule has 0 atom stereocenters. The van der Waals surface area contributed by atoms with Gasteiger partial charge < -0.3 is 10.1 Å². The van der Waals surface area contributed by atoms with Crippen molar-refractivity contribution >= 4 is 15.7 Å². The summed E-state index contributed by atoms with van der Waals surface area (Å²) in [6.07, 6.45) is 1.22. The average molecular weight is 273 g/mol. The number of ether oxygens (including phenoxy) is 1. The Balaban J connectivity index is 2.84. The minimum absolute atomic E-state index is 0.269. The Morgan fingerprint density at radius 1 is 1.39 bits per heavy atom. The summed E-state index contributed by atoms with van der Waals surface area (Å²) in [7, 11) is -1.62. The van der Waals surface area contributed by atoms with E-state index in [9.17, 15) is 8.42 Å². The van der Waals surface area contributed by atoms with Gasteiger partial charge in [0.2, 0.25) is 5.88 Å². The molecule has 1 heterocycles. The second kappa shape index (κ2) is 5.09. The van der Waals surface area contributed by atoms with Crippen LogP contribution in [0.5, 0.6) is 5.88 Å². The summed E-state index contributed by atoms with van der Waals surface area (Å²) in [5.41, 5.74) is 0. The lowest BCUT2D eigenvalue weighted by Gasteiger charge is -2.23. The minimum Gasteiger partial charge on any atom is -0.481 e. The number of nitrogens with zero attached hydrogens (tertiary/aromatic N) is 2. The maximum atomic E-state index is 11.6. The van der Waals surface area contributed by atoms with Gasteiger partial charge in [0.25, 0.3) is 0 Å². The predicted octanol–water partition coefficient (Wildman–Crippen LogP) is 1.03. The van der Waals surface area contributed by atoms with E-state index in [4.69, 9.17) is 4.74 Å². The van der Waals surface area contributed by atoms with Gasteiger partial charge in [0, 0.05) is 18.9 Å². The molecule has 0 aliphatic carbocycles. The Morgan fingerprint density at radius 3 is 2.50 bits per heavy atom. The van der Waals surface area contributed by atoms with Crippen LogP contribution in [0.4, 0.5) is 5.82 Å². The van der Waals surface area contributed by atoms with Crippen molar-refractivity contribution < 1.29 is 13.2 Å². The molecule has 0 aromatic carbocycles. The van der Waals surface area contributed by atoms with Gasteiger partial charge in [0.15, 0.2) is 9.84 Å². The largest absolute Gasteiger partial charge is 0.481 e. The molecule has 7 heteroatoms. The Bertz CT molecular complexity index is 526. The fraction of sp³-hybridized carbons (Fsp3) is 0.636. The van der Waals surface area contributed by atoms with E-state index in [1.54, 1.807) is 26.8 Å². The number of nitrogens with one attached hydrogen (secondary N) is 1. The first-order valence-corrected chi connectivity index (χ1v) is 7.38. The van der Waals surface area contributed by atoms with Gasteiger partial charge in [-0.3, -0.25) is 0 Å². The number of sulfone groups is 1. The van der Waals surface area contributed by atoms with Crippen molar-refractivity contribution in [3.8, 4) is 5.88 Å². The Labute approximate surface area is 108 Å². The van der Waals surface area contributed by atoms with Gasteiger partial charge in [0.05, 0.1) is 11.9 Å². The van der Waals surface area contributed by atoms with Crippen LogP contribution < -0.4 is 10.1 Å². The van der Waals surface area contributed by atoms with Crippen molar-refractivity contribution in [1.82, 2.24) is 9.97 Å². The fourth-order valence-corrected chi connectivity index (χ4v) is 1.50. The molecule has 0 aliphatic heterocycles. The molecule has 0 radical (unpaired) electrons. The highest BCUT2D eigenvalue weighted by Gasteiger charge is 2.29. The third kappa shape index (κ3) is 3.56. The van der Waals surface area contributed by atoms with Crippen molar-refractivity contribution in [3.05, 3.63) is 11.9 Å². The second-order valence-corrected chi connectivity index (χ2v) is 7.38. The van der Waals surface area contributed by atoms with Gasteiger partial charge in [-0.2, -0.15) is 4.98 Å². The molecule has 0 bridgehead atoms. The molecule has 0 saturated heterocycles. The van der Waals surface area contributed by atoms with Crippen LogP contribution >= 0.6 is 0 Å². The maximum Gasteiger partial charge on any atom is 0.218 e. The number of anilines is 1. The molecule has 1 aromatic rings. The van der Waals surface area contributed by atoms with Crippen LogP contribution in [-0.2, 0) is 9.84 Å². The molecule has 0 unspecified atom stereocenters. The second-order valence-electron chi connectivity index (χ2n) is 4.73. The van der Waals surface area contributed by atoms with Crippen LogP contribution in [0.1, 0.15) is 19.7 Å². The lowest BCUT2D eigenvalue weighted by atomic mass is 10.2. The van der Waals surface area contributed by atoms with Crippen molar-refractivity contribution in [2.45, 2.75) is 25.5 Å². The van der Waals surface area contributed by atoms with E-state index < -0.39 is 14.6 Å². The zero-order valence-corrected chi connectivity index (χ0v) is 12.1. The van der Waals surface area contributed by atoms with Crippen LogP contribution in [0, 0.1) is 6.92 Å². The average Bonchev–Trinajstić information content (AvgIpc) is 2.24. The van der Waals surface area contributed by atoms with E-state index in [-0.39, 0.29) is 6.54 Å². The Morgan fingerprint density at radius 2 is 2.00 bits per heavy atom. The van der Waals surface area contributed by atoms with E-state index >= 15 is 0 Å². The van der Waals surface area contributed by atoms with Crippen molar-refractivity contribution in [2.24, 2.45) is 0 Å². The van der Waals surface area contributed by atoms with Gasteiger partial charge >= 0.3 is 0 Å². The summed E-state index contributed by atoms with van der Waals surface area (Å²) in [6.45, 7) is 5.35. The SMILES string of the molecule is COc1cc(NCC(C)(C)S(C)(=O)=O)nc(C)n1. The number of aromatic nitrogens is 2. The number of hydrogen-bond donors (Lipinski definition) is 1. The molecule has 18 heavy (non-hydrogen) atoms. The van der Waals surface area contributed by atoms with Crippen LogP contribution in [0.15, 0.2) is 6.07 Å². The van der Waals surface area contributed by atoms with Crippen LogP contribution in [0.3, 0.4) is 0 Å². The monoisotopic (exact) mass is 273 g/mol. The Kier molecular flexibility index (Phi) is 4.16. The minimum atomic E-state index is -3.14. The van der Waals surface area contributed by atoms with E-state index in [0.717, 1.165) is 0 Å². The van der Waals surface area contributed by atoms with Gasteiger partial charge in [-0.25, -0.2) is 13.4 Å². The van der Waals surface area contributed by atoms with Crippen LogP contribution in [0.2, 0.25) is 0 Å². The predicted molar refractivity (Wildman–Crippen MR) is 70.7 cm³/mol. The highest BCUT2D eigenvalue weighted by Crippen LogP contribution is 2.18. The van der Waals surface area contributed by atoms with Crippen LogP contribution in [0.25, 0.3) is 0 Å². The molecule has 0 saturated carbocycles. The number of aryl methyl sites for hydroxylation is 1. The first kappa shape index (κ1) is 14.7. The third-order valence-corrected chi connectivity index (χ3v) is 4.87. The third-order valence-electron chi connectivity index (χ3n) is 2.72. The normalized spacial score (nSPS) is 12.3. The van der Waals surface area contributed by atoms with Crippen molar-refractivity contribution in [1.29, 1.82) is 0 Å². The van der Waals surface area contributed by atoms with E-state index in [2.05, 4.69) is 15.3 Å². The summed E-state index contributed by atoms with van der Waals surface area (Å²) in [5, 5.41) is 3.00. The molecular formula is C11H19N3O3S. The van der Waals surface area contributed by atoms with Gasteiger partial charge in [0.1, 0.15) is 11.6 Å². The van der Waals surface area contributed by atoms with Crippen LogP contribution in [-0.4, -0.2) is 43.0 Å². The highest BCUT2D eigenvalue weighted by atomic mass is 32.2. The van der Waals surface area contributed by atoms with Gasteiger partial charge in [-0.05, 0) is 20.8 Å². The quantitative estimate of drug-likeness (QED) is 0.863. The first-order valence-electron chi connectivity index (χ1n) is 5.49. The number of hydrogen-bond acceptors (Lipinski definition) is 6. The summed E-state index contributed by atoms with van der Waals surface area (Å²) in [6, 6.07) is 1.63. The first-order chi connectivity index (χ1) is 8.15. The zero-order valence-electron chi connectivity index (χ0n) is 11.3. The molecule has 0 spiro atoms. The molecule has 1 aromatic heterocycles. The molecule has 1 rings (SSSR count). The zero-order chi connectivity index (χ0) is 14.0. The summed E-state index contributed by atoms with van der Waals surface area (Å²) in [5.74, 6) is 1.56. The Hall–Kier alpha value is -1.37. The molecular weight excluding hydrogens is 254 g/mol. The van der Waals surface area contributed by atoms with Gasteiger partial charge in [-0.15, -0.1) is 0 Å². The summed E-state index contributed by atoms with van der Waals surface area (Å²) < 4.78 is 27.3. The summed E-state index contributed by atoms with van der Waals surface area (Å²) in [4.78, 5) is 8.22. The number of rotatable bonds is 5. The lowest BCUT2D eigenvalue weighted by molar-refractivity contribution is 0.396. The molecule has 102 valence electrons. The molecule has 0 aliphatic rings. The highest BCUT2D eigenvalue weighted by molar-refractivity contribution is 7.92. The maximum absolute atomic E-state index is 11.6. The van der Waals surface area contributed by atoms with Gasteiger partial charge in [-0.1, -0.05) is 0 Å². The fourth-order valence-electron chi connectivity index (χ4n) is 1.17. The van der Waals surface area contributed by atoms with E-state index in [1.807, 2.05) is 0 Å². The number of methoxy groups -OCH3 is 1. The van der Waals surface area contributed by atoms with Crippen molar-refractivity contribution in [3.63, 3.8) is 0 Å². The van der Waals surface area contributed by atoms with E-state index in [1.165, 1.54) is 13.4 Å². The van der Waals surface area contributed by atoms with Crippen molar-refractivity contribution in [2.75, 3.05) is 25.2 Å². The molecule has 6 nitrogen and oxygen atoms in total. The smallest absolute Gasteiger partial charge is 0.218 e. The molecule has 0 amide bonds. The van der Waals surface area contributed by atoms with E-state index in [0.29, 0.717) is 17.5 Å². The topological polar surface area (TPSA) is 81.2 Å². The molecule has 1 N–H and O–H groups in total. The lowest BCUT2D eigenvalue weighted by Crippen LogP contribution is -2.38. The standard InChI is InChI=1S/C11H19N3O3S/c1-8-13-9(6-10(14-8)17-4)12-7-11(2,3)18(5,15)16/h6H,7H2,1-5H3,(H,12,13,14).